The van der Waals surface area contributed by atoms with Gasteiger partial charge in [0.05, 0.1) is 0 Å². The molecule has 0 unspecified atom stereocenters. The van der Waals surface area contributed by atoms with Gasteiger partial charge in [0.2, 0.25) is 5.95 Å². The monoisotopic (exact) mass is 167 g/mol. The minimum Gasteiger partial charge on any atom is -0.478 e. The summed E-state index contributed by atoms with van der Waals surface area (Å²) in [7, 11) is 0. The van der Waals surface area contributed by atoms with Crippen molar-refractivity contribution in [3.63, 3.8) is 0 Å². The standard InChI is InChI=1S/C8H6FNO2/c9-7-3-1-6(5-10-7)2-4-8(11)12/h1-5H,(H,11,12). The molecule has 0 fully saturated rings. The van der Waals surface area contributed by atoms with Crippen LogP contribution in [0.5, 0.6) is 0 Å². The third-order valence-electron chi connectivity index (χ3n) is 1.17. The highest BCUT2D eigenvalue weighted by Crippen LogP contribution is 2.00. The number of aromatic nitrogens is 1. The van der Waals surface area contributed by atoms with Crippen molar-refractivity contribution in [1.29, 1.82) is 0 Å². The van der Waals surface area contributed by atoms with E-state index in [9.17, 15) is 9.18 Å². The fourth-order valence-corrected chi connectivity index (χ4v) is 0.653. The van der Waals surface area contributed by atoms with E-state index < -0.39 is 11.9 Å². The molecule has 1 aromatic rings. The zero-order valence-electron chi connectivity index (χ0n) is 6.07. The van der Waals surface area contributed by atoms with Crippen LogP contribution in [0.3, 0.4) is 0 Å². The van der Waals surface area contributed by atoms with Crippen molar-refractivity contribution in [2.24, 2.45) is 0 Å². The van der Waals surface area contributed by atoms with E-state index in [-0.39, 0.29) is 0 Å². The number of hydrogen-bond acceptors (Lipinski definition) is 2. The summed E-state index contributed by atoms with van der Waals surface area (Å²) < 4.78 is 12.2. The number of hydrogen-bond donors (Lipinski definition) is 1. The number of halogens is 1. The van der Waals surface area contributed by atoms with Crippen LogP contribution in [-0.2, 0) is 4.79 Å². The molecule has 1 rings (SSSR count). The number of nitrogens with zero attached hydrogens (tertiary/aromatic N) is 1. The third kappa shape index (κ3) is 2.49. The molecule has 0 amide bonds. The average molecular weight is 167 g/mol. The maximum absolute atomic E-state index is 12.2. The first-order chi connectivity index (χ1) is 5.68. The lowest BCUT2D eigenvalue weighted by molar-refractivity contribution is -0.131. The molecule has 62 valence electrons. The second-order valence-electron chi connectivity index (χ2n) is 2.09. The highest BCUT2D eigenvalue weighted by Gasteiger charge is 1.91. The highest BCUT2D eigenvalue weighted by atomic mass is 19.1. The SMILES string of the molecule is O=C(O)C=Cc1ccc(F)nc1. The molecular formula is C8H6FNO2. The van der Waals surface area contributed by atoms with Crippen LogP contribution >= 0.6 is 0 Å². The molecule has 1 aromatic heterocycles. The Morgan fingerprint density at radius 2 is 2.33 bits per heavy atom. The van der Waals surface area contributed by atoms with E-state index in [0.717, 1.165) is 6.08 Å². The van der Waals surface area contributed by atoms with Crippen LogP contribution in [-0.4, -0.2) is 16.1 Å². The average Bonchev–Trinajstić information content (AvgIpc) is 2.03. The smallest absolute Gasteiger partial charge is 0.328 e. The molecule has 0 aliphatic carbocycles. The van der Waals surface area contributed by atoms with E-state index in [4.69, 9.17) is 5.11 Å². The Bertz CT molecular complexity index is 305. The molecular weight excluding hydrogens is 161 g/mol. The van der Waals surface area contributed by atoms with E-state index in [1.165, 1.54) is 24.4 Å². The maximum atomic E-state index is 12.2. The molecule has 0 atom stereocenters. The van der Waals surface area contributed by atoms with Gasteiger partial charge in [-0.05, 0) is 23.8 Å². The molecule has 1 N–H and O–H groups in total. The zero-order valence-corrected chi connectivity index (χ0v) is 6.07. The van der Waals surface area contributed by atoms with E-state index in [1.807, 2.05) is 0 Å². The van der Waals surface area contributed by atoms with Crippen LogP contribution in [0.2, 0.25) is 0 Å². The summed E-state index contributed by atoms with van der Waals surface area (Å²) in [5.74, 6) is -1.62. The number of pyridine rings is 1. The van der Waals surface area contributed by atoms with Gasteiger partial charge in [0.1, 0.15) is 0 Å². The molecule has 0 aliphatic heterocycles. The van der Waals surface area contributed by atoms with Gasteiger partial charge in [-0.3, -0.25) is 0 Å². The first kappa shape index (κ1) is 8.39. The van der Waals surface area contributed by atoms with Gasteiger partial charge in [0.25, 0.3) is 0 Å². The normalized spacial score (nSPS) is 10.4. The minimum atomic E-state index is -1.04. The largest absolute Gasteiger partial charge is 0.478 e. The van der Waals surface area contributed by atoms with E-state index in [2.05, 4.69) is 4.98 Å². The second kappa shape index (κ2) is 3.61. The Morgan fingerprint density at radius 3 is 2.83 bits per heavy atom. The topological polar surface area (TPSA) is 50.2 Å². The Kier molecular flexibility index (Phi) is 2.53. The Labute approximate surface area is 68.2 Å². The lowest BCUT2D eigenvalue weighted by Gasteiger charge is -1.89. The predicted octanol–water partition coefficient (Wildman–Crippen LogP) is 1.32. The molecule has 0 saturated heterocycles. The fraction of sp³-hybridized carbons (Fsp3) is 0. The second-order valence-corrected chi connectivity index (χ2v) is 2.09. The summed E-state index contributed by atoms with van der Waals surface area (Å²) in [6, 6.07) is 2.61. The Hall–Kier alpha value is -1.71. The first-order valence-corrected chi connectivity index (χ1v) is 3.21. The molecule has 12 heavy (non-hydrogen) atoms. The fourth-order valence-electron chi connectivity index (χ4n) is 0.653. The van der Waals surface area contributed by atoms with E-state index >= 15 is 0 Å². The summed E-state index contributed by atoms with van der Waals surface area (Å²) in [5, 5.41) is 8.25. The third-order valence-corrected chi connectivity index (χ3v) is 1.17. The first-order valence-electron chi connectivity index (χ1n) is 3.21. The van der Waals surface area contributed by atoms with Crippen molar-refractivity contribution in [3.05, 3.63) is 35.9 Å². The molecule has 0 bridgehead atoms. The number of rotatable bonds is 2. The number of carbonyl (C=O) groups is 1. The van der Waals surface area contributed by atoms with Crippen LogP contribution < -0.4 is 0 Å². The summed E-state index contributed by atoms with van der Waals surface area (Å²) in [4.78, 5) is 13.4. The van der Waals surface area contributed by atoms with Gasteiger partial charge in [0, 0.05) is 12.3 Å². The number of aliphatic carboxylic acids is 1. The molecule has 3 nitrogen and oxygen atoms in total. The number of carboxylic acids is 1. The van der Waals surface area contributed by atoms with Crippen LogP contribution in [0.15, 0.2) is 24.4 Å². The number of carboxylic acid groups (broad SMARTS) is 1. The minimum absolute atomic E-state index is 0.554. The molecule has 0 aromatic carbocycles. The molecule has 0 spiro atoms. The Balaban J connectivity index is 2.77. The molecule has 1 heterocycles. The lowest BCUT2D eigenvalue weighted by atomic mass is 10.2. The van der Waals surface area contributed by atoms with Crippen molar-refractivity contribution in [2.45, 2.75) is 0 Å². The molecule has 0 radical (unpaired) electrons. The van der Waals surface area contributed by atoms with Crippen molar-refractivity contribution < 1.29 is 14.3 Å². The van der Waals surface area contributed by atoms with E-state index in [0.29, 0.717) is 5.56 Å². The Morgan fingerprint density at radius 1 is 1.58 bits per heavy atom. The predicted molar refractivity (Wildman–Crippen MR) is 40.9 cm³/mol. The highest BCUT2D eigenvalue weighted by molar-refractivity contribution is 5.85. The summed E-state index contributed by atoms with van der Waals surface area (Å²) in [5.41, 5.74) is 0.554. The molecule has 4 heteroatoms. The van der Waals surface area contributed by atoms with Crippen LogP contribution in [0, 0.1) is 5.95 Å². The maximum Gasteiger partial charge on any atom is 0.328 e. The quantitative estimate of drug-likeness (QED) is 0.533. The van der Waals surface area contributed by atoms with Gasteiger partial charge in [-0.25, -0.2) is 9.78 Å². The summed E-state index contributed by atoms with van der Waals surface area (Å²) >= 11 is 0. The zero-order chi connectivity index (χ0) is 8.97. The van der Waals surface area contributed by atoms with Gasteiger partial charge in [-0.2, -0.15) is 4.39 Å². The van der Waals surface area contributed by atoms with Crippen molar-refractivity contribution in [3.8, 4) is 0 Å². The van der Waals surface area contributed by atoms with E-state index in [1.54, 1.807) is 0 Å². The lowest BCUT2D eigenvalue weighted by Crippen LogP contribution is -1.86. The van der Waals surface area contributed by atoms with Crippen LogP contribution in [0.4, 0.5) is 4.39 Å². The summed E-state index contributed by atoms with van der Waals surface area (Å²) in [6.07, 6.45) is 3.57. The van der Waals surface area contributed by atoms with Gasteiger partial charge in [0.15, 0.2) is 0 Å². The van der Waals surface area contributed by atoms with Crippen molar-refractivity contribution in [1.82, 2.24) is 4.98 Å². The van der Waals surface area contributed by atoms with Gasteiger partial charge < -0.3 is 5.11 Å². The van der Waals surface area contributed by atoms with Crippen LogP contribution in [0.1, 0.15) is 5.56 Å². The van der Waals surface area contributed by atoms with Gasteiger partial charge in [-0.15, -0.1) is 0 Å². The van der Waals surface area contributed by atoms with Crippen molar-refractivity contribution in [2.75, 3.05) is 0 Å². The van der Waals surface area contributed by atoms with Gasteiger partial charge >= 0.3 is 5.97 Å². The van der Waals surface area contributed by atoms with Crippen molar-refractivity contribution >= 4 is 12.0 Å². The van der Waals surface area contributed by atoms with Crippen LogP contribution in [0.25, 0.3) is 6.08 Å². The molecule has 0 aliphatic rings. The van der Waals surface area contributed by atoms with Gasteiger partial charge in [-0.1, -0.05) is 0 Å². The molecule has 0 saturated carbocycles. The summed E-state index contributed by atoms with van der Waals surface area (Å²) in [6.45, 7) is 0.